The Morgan fingerprint density at radius 3 is 2.61 bits per heavy atom. The summed E-state index contributed by atoms with van der Waals surface area (Å²) in [5.74, 6) is 2.42. The molecule has 0 aromatic carbocycles. The van der Waals surface area contributed by atoms with Gasteiger partial charge >= 0.3 is 0 Å². The third-order valence-electron chi connectivity index (χ3n) is 5.29. The van der Waals surface area contributed by atoms with Crippen molar-refractivity contribution in [1.82, 2.24) is 4.90 Å². The van der Waals surface area contributed by atoms with E-state index in [-0.39, 0.29) is 6.92 Å². The second-order valence-corrected chi connectivity index (χ2v) is 6.86. The highest BCUT2D eigenvalue weighted by atomic mass is 16.2. The fraction of sp³-hybridized carbons (Fsp3) is 1.00. The highest BCUT2D eigenvalue weighted by Crippen LogP contribution is 2.49. The van der Waals surface area contributed by atoms with Crippen molar-refractivity contribution in [3.05, 3.63) is 0 Å². The maximum atomic E-state index is 9.36. The highest BCUT2D eigenvalue weighted by Gasteiger charge is 2.47. The summed E-state index contributed by atoms with van der Waals surface area (Å²) in [6.07, 6.45) is 7.19. The van der Waals surface area contributed by atoms with Crippen LogP contribution in [0.5, 0.6) is 0 Å². The van der Waals surface area contributed by atoms with Gasteiger partial charge in [-0.2, -0.15) is 0 Å². The summed E-state index contributed by atoms with van der Waals surface area (Å²) in [5.41, 5.74) is 6.33. The molecule has 0 amide bonds. The van der Waals surface area contributed by atoms with E-state index >= 15 is 0 Å². The van der Waals surface area contributed by atoms with E-state index < -0.39 is 0 Å². The molecule has 0 aromatic heterocycles. The normalized spacial score (nSPS) is 39.3. The van der Waals surface area contributed by atoms with Crippen LogP contribution in [0.3, 0.4) is 0 Å². The zero-order chi connectivity index (χ0) is 13.3. The molecule has 2 aliphatic carbocycles. The van der Waals surface area contributed by atoms with Gasteiger partial charge in [0.25, 0.3) is 6.92 Å². The monoisotopic (exact) mass is 252 g/mol. The second-order valence-electron chi connectivity index (χ2n) is 6.86. The summed E-state index contributed by atoms with van der Waals surface area (Å²) in [5, 5.41) is 9.36. The Balaban J connectivity index is 1.86. The summed E-state index contributed by atoms with van der Waals surface area (Å²) in [6, 6.07) is 1.18. The van der Waals surface area contributed by atoms with Crippen LogP contribution in [-0.4, -0.2) is 43.0 Å². The van der Waals surface area contributed by atoms with E-state index in [1.54, 1.807) is 0 Å². The number of rotatable bonds is 5. The largest absolute Gasteiger partial charge is 0.451 e. The van der Waals surface area contributed by atoms with Crippen LogP contribution in [0, 0.1) is 17.8 Å². The van der Waals surface area contributed by atoms with Crippen LogP contribution in [0.1, 0.15) is 32.1 Å². The molecule has 4 heteroatoms. The number of hydrogen-bond donors (Lipinski definition) is 2. The van der Waals surface area contributed by atoms with Gasteiger partial charge in [0.05, 0.1) is 0 Å². The number of fused-ring (bicyclic) bond motifs is 1. The van der Waals surface area contributed by atoms with Crippen molar-refractivity contribution in [3.63, 3.8) is 0 Å². The molecular weight excluding hydrogens is 223 g/mol. The van der Waals surface area contributed by atoms with Crippen molar-refractivity contribution in [3.8, 4) is 0 Å². The first-order valence-electron chi connectivity index (χ1n) is 7.59. The van der Waals surface area contributed by atoms with Gasteiger partial charge in [-0.15, -0.1) is 0 Å². The van der Waals surface area contributed by atoms with E-state index in [0.29, 0.717) is 12.0 Å². The zero-order valence-corrected chi connectivity index (χ0v) is 12.2. The SMILES string of the molecule is CB(O)CCCC1C(N)CC2CC(N(C)C)CC21. The Morgan fingerprint density at radius 2 is 2.00 bits per heavy atom. The van der Waals surface area contributed by atoms with Crippen LogP contribution in [0.2, 0.25) is 13.1 Å². The summed E-state index contributed by atoms with van der Waals surface area (Å²) >= 11 is 0. The number of nitrogens with zero attached hydrogens (tertiary/aromatic N) is 1. The average molecular weight is 252 g/mol. The molecule has 5 atom stereocenters. The van der Waals surface area contributed by atoms with Gasteiger partial charge in [0.1, 0.15) is 0 Å². The minimum Gasteiger partial charge on any atom is -0.451 e. The molecule has 0 aromatic rings. The van der Waals surface area contributed by atoms with Crippen molar-refractivity contribution in [2.45, 2.75) is 57.3 Å². The molecule has 0 saturated heterocycles. The van der Waals surface area contributed by atoms with Crippen molar-refractivity contribution >= 4 is 6.92 Å². The average Bonchev–Trinajstić information content (AvgIpc) is 2.77. The smallest absolute Gasteiger partial charge is 0.285 e. The van der Waals surface area contributed by atoms with Crippen molar-refractivity contribution < 1.29 is 5.02 Å². The van der Waals surface area contributed by atoms with E-state index in [1.807, 2.05) is 6.82 Å². The first-order chi connectivity index (χ1) is 8.49. The van der Waals surface area contributed by atoms with Crippen molar-refractivity contribution in [1.29, 1.82) is 0 Å². The molecule has 0 radical (unpaired) electrons. The predicted molar refractivity (Wildman–Crippen MR) is 77.6 cm³/mol. The first kappa shape index (κ1) is 14.4. The standard InChI is InChI=1S/C14H29BN2O/c1-15(18)6-4-5-12-13-9-11(17(2)3)7-10(13)8-14(12)16/h10-14,18H,4-9,16H2,1-3H3. The lowest BCUT2D eigenvalue weighted by atomic mass is 9.66. The molecule has 0 bridgehead atoms. The van der Waals surface area contributed by atoms with Gasteiger partial charge in [0, 0.05) is 12.1 Å². The van der Waals surface area contributed by atoms with Gasteiger partial charge in [-0.05, 0) is 63.9 Å². The maximum absolute atomic E-state index is 9.36. The predicted octanol–water partition coefficient (Wildman–Crippen LogP) is 1.68. The van der Waals surface area contributed by atoms with Crippen LogP contribution < -0.4 is 5.73 Å². The molecule has 2 aliphatic rings. The summed E-state index contributed by atoms with van der Waals surface area (Å²) < 4.78 is 0. The highest BCUT2D eigenvalue weighted by molar-refractivity contribution is 6.48. The lowest BCUT2D eigenvalue weighted by Gasteiger charge is -2.25. The molecule has 0 aliphatic heterocycles. The number of hydrogen-bond acceptors (Lipinski definition) is 3. The Morgan fingerprint density at radius 1 is 1.28 bits per heavy atom. The van der Waals surface area contributed by atoms with Crippen LogP contribution in [-0.2, 0) is 0 Å². The van der Waals surface area contributed by atoms with E-state index in [0.717, 1.165) is 30.6 Å². The molecule has 0 spiro atoms. The second kappa shape index (κ2) is 5.93. The summed E-state index contributed by atoms with van der Waals surface area (Å²) in [4.78, 5) is 2.39. The Labute approximate surface area is 112 Å². The van der Waals surface area contributed by atoms with E-state index in [4.69, 9.17) is 5.73 Å². The molecule has 2 saturated carbocycles. The van der Waals surface area contributed by atoms with Gasteiger partial charge in [0.15, 0.2) is 0 Å². The Bertz CT molecular complexity index is 273. The van der Waals surface area contributed by atoms with Crippen molar-refractivity contribution in [2.75, 3.05) is 14.1 Å². The van der Waals surface area contributed by atoms with E-state index in [1.165, 1.54) is 25.7 Å². The molecule has 5 unspecified atom stereocenters. The molecule has 2 fully saturated rings. The molecule has 104 valence electrons. The van der Waals surface area contributed by atoms with Gasteiger partial charge in [0.2, 0.25) is 0 Å². The first-order valence-corrected chi connectivity index (χ1v) is 7.59. The molecule has 3 N–H and O–H groups in total. The lowest BCUT2D eigenvalue weighted by Crippen LogP contribution is -2.31. The molecule has 2 rings (SSSR count). The van der Waals surface area contributed by atoms with Gasteiger partial charge in [-0.3, -0.25) is 0 Å². The van der Waals surface area contributed by atoms with Crippen LogP contribution >= 0.6 is 0 Å². The Kier molecular flexibility index (Phi) is 4.73. The van der Waals surface area contributed by atoms with Crippen LogP contribution in [0.15, 0.2) is 0 Å². The minimum absolute atomic E-state index is 0.156. The summed E-state index contributed by atoms with van der Waals surface area (Å²) in [7, 11) is 4.40. The third-order valence-corrected chi connectivity index (χ3v) is 5.29. The van der Waals surface area contributed by atoms with Crippen molar-refractivity contribution in [2.24, 2.45) is 23.5 Å². The quantitative estimate of drug-likeness (QED) is 0.732. The van der Waals surface area contributed by atoms with Gasteiger partial charge in [-0.1, -0.05) is 13.2 Å². The molecule has 3 nitrogen and oxygen atoms in total. The zero-order valence-electron chi connectivity index (χ0n) is 12.2. The molecule has 0 heterocycles. The van der Waals surface area contributed by atoms with Crippen LogP contribution in [0.4, 0.5) is 0 Å². The number of nitrogens with two attached hydrogens (primary N) is 1. The molecular formula is C14H29BN2O. The van der Waals surface area contributed by atoms with Crippen LogP contribution in [0.25, 0.3) is 0 Å². The van der Waals surface area contributed by atoms with Gasteiger partial charge in [-0.25, -0.2) is 0 Å². The van der Waals surface area contributed by atoms with E-state index in [9.17, 15) is 5.02 Å². The Hall–Kier alpha value is -0.0551. The fourth-order valence-electron chi connectivity index (χ4n) is 4.26. The molecule has 18 heavy (non-hydrogen) atoms. The van der Waals surface area contributed by atoms with E-state index in [2.05, 4.69) is 19.0 Å². The topological polar surface area (TPSA) is 49.5 Å². The lowest BCUT2D eigenvalue weighted by molar-refractivity contribution is 0.258. The maximum Gasteiger partial charge on any atom is 0.285 e. The third kappa shape index (κ3) is 3.09. The van der Waals surface area contributed by atoms with Gasteiger partial charge < -0.3 is 15.7 Å². The fourth-order valence-corrected chi connectivity index (χ4v) is 4.26. The minimum atomic E-state index is -0.156. The summed E-state index contributed by atoms with van der Waals surface area (Å²) in [6.45, 7) is 1.73.